The Bertz CT molecular complexity index is 3220. The molecule has 1 saturated carbocycles. The predicted molar refractivity (Wildman–Crippen MR) is 308 cm³/mol. The van der Waals surface area contributed by atoms with Gasteiger partial charge in [-0.2, -0.15) is 11.8 Å². The van der Waals surface area contributed by atoms with Gasteiger partial charge < -0.3 is 32.1 Å². The molecule has 80 heavy (non-hydrogen) atoms. The number of halogens is 1. The standard InChI is InChI=1S/C57H67ClN10O9S3/c1-28-30(3)80-56-46(28)48(33-15-17-36(58)18-16-33)62-42(53-67-66-31(4)68(53)56)24-44(72)60-25-35-21-37(69)9-8-10-43(71)47(32-11-13-34(14-12-32)50-29(2)61-27-79-50)65-55(77)40-23-38(70)22-39(40)49(74)51(57(5,6)7)64-45(73)26-78-20-19-41(52(59)75)63-54(35)76/h11-18,27,35,38-42,47,51,70H,8-10,19-26H2,1-7H3,(H2,59,75)(H,60,72)(H,63,76)(H,64,73)(H,65,77)/t35-,38+,39?,40-,41-,42+,47-,51-/m1/s1. The van der Waals surface area contributed by atoms with Crippen molar-refractivity contribution in [1.82, 2.24) is 41.0 Å². The van der Waals surface area contributed by atoms with Crippen LogP contribution in [-0.2, 0) is 38.4 Å². The lowest BCUT2D eigenvalue weighted by Gasteiger charge is -2.33. The predicted octanol–water partition coefficient (Wildman–Crippen LogP) is 6.50. The van der Waals surface area contributed by atoms with Gasteiger partial charge in [0.15, 0.2) is 17.4 Å². The minimum atomic E-state index is -1.23. The van der Waals surface area contributed by atoms with E-state index in [-0.39, 0.29) is 69.4 Å². The molecule has 2 aromatic carbocycles. The van der Waals surface area contributed by atoms with Crippen LogP contribution in [0.25, 0.3) is 15.4 Å². The average molecular weight is 1170 g/mol. The number of thiophene rings is 1. The Morgan fingerprint density at radius 1 is 0.887 bits per heavy atom. The SMILES string of the molecule is Cc1ncsc1-c1ccc([C@H]2NC(=O)[C@@H]3C[C@@H](O)CC3C(=O)[C@H](C(C)(C)C)NC(=O)CSCC[C@H](C(N)=O)NC(=O)[C@@H](CNC(=O)C[C@@H]3N=C(c4ccc(Cl)cc4)c4c(sc(C)c4C)-n4c(C)nnc43)CC(=O)CCCC2=O)cc1. The van der Waals surface area contributed by atoms with Crippen molar-refractivity contribution < 1.29 is 43.5 Å². The molecule has 3 aliphatic rings. The van der Waals surface area contributed by atoms with Crippen molar-refractivity contribution in [3.05, 3.63) is 104 Å². The number of primary amides is 1. The first-order chi connectivity index (χ1) is 38.0. The molecule has 5 heterocycles. The van der Waals surface area contributed by atoms with Crippen LogP contribution < -0.4 is 27.0 Å². The van der Waals surface area contributed by atoms with Crippen LogP contribution in [0.3, 0.4) is 0 Å². The lowest BCUT2D eigenvalue weighted by molar-refractivity contribution is -0.137. The number of thiazole rings is 1. The van der Waals surface area contributed by atoms with Gasteiger partial charge in [0.1, 0.15) is 34.7 Å². The van der Waals surface area contributed by atoms with Gasteiger partial charge in [-0.1, -0.05) is 68.8 Å². The fraction of sp³-hybridized carbons (Fsp3) is 0.474. The van der Waals surface area contributed by atoms with Crippen molar-refractivity contribution in [1.29, 1.82) is 0 Å². The Hall–Kier alpha value is -6.46. The fourth-order valence-electron chi connectivity index (χ4n) is 10.5. The van der Waals surface area contributed by atoms with Crippen LogP contribution in [0.15, 0.2) is 59.0 Å². The van der Waals surface area contributed by atoms with E-state index in [1.54, 1.807) is 61.9 Å². The molecule has 2 aliphatic heterocycles. The minimum Gasteiger partial charge on any atom is -0.393 e. The maximum atomic E-state index is 14.5. The molecule has 2 fully saturated rings. The zero-order valence-corrected chi connectivity index (χ0v) is 48.9. The van der Waals surface area contributed by atoms with Gasteiger partial charge in [0.2, 0.25) is 29.5 Å². The number of fused-ring (bicyclic) bond motifs is 4. The van der Waals surface area contributed by atoms with Gasteiger partial charge in [-0.15, -0.1) is 32.9 Å². The zero-order valence-electron chi connectivity index (χ0n) is 45.7. The molecule has 23 heteroatoms. The molecule has 7 N–H and O–H groups in total. The van der Waals surface area contributed by atoms with Gasteiger partial charge in [0.25, 0.3) is 0 Å². The van der Waals surface area contributed by atoms with Gasteiger partial charge >= 0.3 is 0 Å². The van der Waals surface area contributed by atoms with Gasteiger partial charge in [-0.05, 0) is 93.4 Å². The van der Waals surface area contributed by atoms with E-state index in [0.717, 1.165) is 54.5 Å². The van der Waals surface area contributed by atoms with Crippen LogP contribution >= 0.6 is 46.0 Å². The van der Waals surface area contributed by atoms with Crippen molar-refractivity contribution in [2.75, 3.05) is 18.1 Å². The smallest absolute Gasteiger partial charge is 0.240 e. The zero-order chi connectivity index (χ0) is 57.7. The Labute approximate surface area is 481 Å². The first-order valence-electron chi connectivity index (χ1n) is 26.7. The van der Waals surface area contributed by atoms with E-state index in [1.165, 1.54) is 11.3 Å². The van der Waals surface area contributed by atoms with Crippen LogP contribution in [0, 0.1) is 50.9 Å². The monoisotopic (exact) mass is 1170 g/mol. The van der Waals surface area contributed by atoms with Crippen molar-refractivity contribution in [3.63, 3.8) is 0 Å². The lowest BCUT2D eigenvalue weighted by atomic mass is 9.77. The van der Waals surface area contributed by atoms with Gasteiger partial charge in [-0.25, -0.2) is 4.98 Å². The summed E-state index contributed by atoms with van der Waals surface area (Å²) in [6, 6.07) is 10.0. The fourth-order valence-corrected chi connectivity index (χ4v) is 13.5. The van der Waals surface area contributed by atoms with E-state index in [4.69, 9.17) is 22.3 Å². The number of carbonyl (C=O) groups is 8. The topological polar surface area (TPSA) is 287 Å². The Balaban J connectivity index is 1.05. The number of carbonyl (C=O) groups excluding carboxylic acids is 8. The van der Waals surface area contributed by atoms with Crippen LogP contribution in [0.5, 0.6) is 0 Å². The van der Waals surface area contributed by atoms with Crippen molar-refractivity contribution in [3.8, 4) is 15.4 Å². The molecule has 1 aliphatic carbocycles. The van der Waals surface area contributed by atoms with Crippen LogP contribution in [0.2, 0.25) is 5.02 Å². The molecular weight excluding hydrogens is 1100 g/mol. The van der Waals surface area contributed by atoms with Gasteiger partial charge in [0.05, 0.1) is 57.9 Å². The van der Waals surface area contributed by atoms with Gasteiger partial charge in [0, 0.05) is 52.8 Å². The number of nitrogens with two attached hydrogens (primary N) is 1. The van der Waals surface area contributed by atoms with E-state index in [1.807, 2.05) is 56.5 Å². The number of aliphatic imine (C=N–C) groups is 1. The highest BCUT2D eigenvalue weighted by atomic mass is 35.5. The summed E-state index contributed by atoms with van der Waals surface area (Å²) in [5, 5.41) is 32.5. The van der Waals surface area contributed by atoms with E-state index in [9.17, 15) is 43.5 Å². The lowest BCUT2D eigenvalue weighted by Crippen LogP contribution is -2.53. The second kappa shape index (κ2) is 25.6. The summed E-state index contributed by atoms with van der Waals surface area (Å²) in [5.74, 6) is -6.65. The number of aromatic nitrogens is 4. The summed E-state index contributed by atoms with van der Waals surface area (Å²) >= 11 is 10.5. The molecule has 8 atom stereocenters. The maximum absolute atomic E-state index is 14.5. The number of rotatable bonds is 8. The number of aryl methyl sites for hydroxylation is 3. The molecule has 8 rings (SSSR count). The molecule has 5 aromatic rings. The summed E-state index contributed by atoms with van der Waals surface area (Å²) < 4.78 is 1.91. The third-order valence-electron chi connectivity index (χ3n) is 15.0. The number of Topliss-reactive ketones (excluding diaryl/α,β-unsaturated/α-hetero) is 3. The van der Waals surface area contributed by atoms with Crippen LogP contribution in [0.4, 0.5) is 0 Å². The molecular formula is C57H67ClN10O9S3. The summed E-state index contributed by atoms with van der Waals surface area (Å²) in [6.45, 7) is 12.8. The number of ketones is 3. The second-order valence-corrected chi connectivity index (χ2v) is 25.5. The van der Waals surface area contributed by atoms with E-state index >= 15 is 0 Å². The molecule has 0 radical (unpaired) electrons. The highest BCUT2D eigenvalue weighted by Gasteiger charge is 2.47. The normalized spacial score (nSPS) is 24.1. The number of hydrogen-bond donors (Lipinski definition) is 6. The molecule has 1 saturated heterocycles. The number of nitrogens with one attached hydrogen (secondary N) is 4. The molecule has 19 nitrogen and oxygen atoms in total. The first-order valence-corrected chi connectivity index (χ1v) is 29.9. The molecule has 5 amide bonds. The quantitative estimate of drug-likeness (QED) is 0.0968. The van der Waals surface area contributed by atoms with Crippen LogP contribution in [0.1, 0.15) is 129 Å². The van der Waals surface area contributed by atoms with Crippen molar-refractivity contribution in [2.45, 2.75) is 130 Å². The van der Waals surface area contributed by atoms with Crippen molar-refractivity contribution >= 4 is 98.6 Å². The summed E-state index contributed by atoms with van der Waals surface area (Å²) in [4.78, 5) is 124. The molecule has 0 spiro atoms. The third-order valence-corrected chi connectivity index (χ3v) is 18.4. The summed E-state index contributed by atoms with van der Waals surface area (Å²) in [6.07, 6.45) is -1.98. The Morgan fingerprint density at radius 3 is 2.26 bits per heavy atom. The van der Waals surface area contributed by atoms with Gasteiger partial charge in [-0.3, -0.25) is 47.9 Å². The Morgan fingerprint density at radius 2 is 1.59 bits per heavy atom. The van der Waals surface area contributed by atoms with Crippen molar-refractivity contribution in [2.24, 2.45) is 33.9 Å². The van der Waals surface area contributed by atoms with E-state index < -0.39 is 100 Å². The summed E-state index contributed by atoms with van der Waals surface area (Å²) in [7, 11) is 0. The largest absolute Gasteiger partial charge is 0.393 e. The number of aliphatic hydroxyl groups is 1. The number of thioether (sulfide) groups is 1. The molecule has 3 aromatic heterocycles. The number of benzene rings is 2. The highest BCUT2D eigenvalue weighted by molar-refractivity contribution is 7.99. The first kappa shape index (κ1) is 59.7. The Kier molecular flexibility index (Phi) is 19.1. The average Bonchev–Trinajstić information content (AvgIpc) is 4.30. The third kappa shape index (κ3) is 13.8. The van der Waals surface area contributed by atoms with Crippen LogP contribution in [-0.4, -0.2) is 114 Å². The summed E-state index contributed by atoms with van der Waals surface area (Å²) in [5.41, 5.74) is 12.2. The maximum Gasteiger partial charge on any atom is 0.240 e. The van der Waals surface area contributed by atoms with E-state index in [2.05, 4.69) is 36.4 Å². The molecule has 0 bridgehead atoms. The van der Waals surface area contributed by atoms with E-state index in [0.29, 0.717) is 27.9 Å². The molecule has 424 valence electrons. The highest BCUT2D eigenvalue weighted by Crippen LogP contribution is 2.41. The number of nitrogens with zero attached hydrogens (tertiary/aromatic N) is 5. The number of hydrogen-bond acceptors (Lipinski definition) is 16. The number of amides is 5. The molecule has 1 unspecified atom stereocenters. The second-order valence-electron chi connectivity index (χ2n) is 21.9. The number of aliphatic hydroxyl groups excluding tert-OH is 1. The minimum absolute atomic E-state index is 0.00153.